The molecule has 7 heteroatoms. The van der Waals surface area contributed by atoms with Gasteiger partial charge in [0.25, 0.3) is 0 Å². The highest BCUT2D eigenvalue weighted by atomic mass is 16.5. The maximum Gasteiger partial charge on any atom is 0.342 e. The fourth-order valence-corrected chi connectivity index (χ4v) is 4.43. The van der Waals surface area contributed by atoms with Gasteiger partial charge in [-0.05, 0) is 64.6 Å². The SMILES string of the molecule is COc1c(C)c2c(c(O)c1C/C=C(\C)CCC(=O)OCCCN1CCCCC1)C(=O)OC2. The molecule has 0 radical (unpaired) electrons. The normalized spacial score (nSPS) is 16.6. The molecule has 32 heavy (non-hydrogen) atoms. The average molecular weight is 446 g/mol. The Kier molecular flexibility index (Phi) is 8.56. The predicted molar refractivity (Wildman–Crippen MR) is 121 cm³/mol. The Morgan fingerprint density at radius 2 is 1.97 bits per heavy atom. The van der Waals surface area contributed by atoms with Crippen LogP contribution in [0.15, 0.2) is 11.6 Å². The lowest BCUT2D eigenvalue weighted by Gasteiger charge is -2.26. The molecule has 176 valence electrons. The number of likely N-dealkylation sites (tertiary alicyclic amines) is 1. The van der Waals surface area contributed by atoms with Gasteiger partial charge in [-0.2, -0.15) is 0 Å². The number of rotatable bonds is 10. The Labute approximate surface area is 190 Å². The standard InChI is InChI=1S/C25H35NO6/c1-17(9-11-21(27)31-15-7-14-26-12-5-4-6-13-26)8-10-19-23(28)22-20(16-32-25(22)29)18(2)24(19)30-3/h8,28H,4-7,9-16H2,1-3H3/b17-8+. The quantitative estimate of drug-likeness (QED) is 0.330. The lowest BCUT2D eigenvalue weighted by atomic mass is 9.94. The fraction of sp³-hybridized carbons (Fsp3) is 0.600. The molecule has 2 heterocycles. The topological polar surface area (TPSA) is 85.3 Å². The van der Waals surface area contributed by atoms with Crippen molar-refractivity contribution in [1.82, 2.24) is 4.90 Å². The van der Waals surface area contributed by atoms with Crippen LogP contribution in [0.3, 0.4) is 0 Å². The van der Waals surface area contributed by atoms with Gasteiger partial charge in [0.1, 0.15) is 23.7 Å². The van der Waals surface area contributed by atoms with Gasteiger partial charge < -0.3 is 24.2 Å². The summed E-state index contributed by atoms with van der Waals surface area (Å²) in [7, 11) is 1.55. The third-order valence-corrected chi connectivity index (χ3v) is 6.36. The second kappa shape index (κ2) is 11.4. The molecule has 2 aliphatic rings. The number of ether oxygens (including phenoxy) is 3. The molecule has 7 nitrogen and oxygen atoms in total. The molecule has 0 bridgehead atoms. The van der Waals surface area contributed by atoms with Gasteiger partial charge in [0.05, 0.1) is 13.7 Å². The van der Waals surface area contributed by atoms with Crippen LogP contribution in [0.4, 0.5) is 0 Å². The van der Waals surface area contributed by atoms with Crippen LogP contribution in [0.2, 0.25) is 0 Å². The summed E-state index contributed by atoms with van der Waals surface area (Å²) in [5.74, 6) is -0.208. The van der Waals surface area contributed by atoms with E-state index in [1.807, 2.05) is 19.9 Å². The summed E-state index contributed by atoms with van der Waals surface area (Å²) in [5, 5.41) is 10.7. The number of allylic oxidation sites excluding steroid dienone is 2. The fourth-order valence-electron chi connectivity index (χ4n) is 4.43. The van der Waals surface area contributed by atoms with Gasteiger partial charge in [0.15, 0.2) is 0 Å². The lowest BCUT2D eigenvalue weighted by Crippen LogP contribution is -2.31. The second-order valence-corrected chi connectivity index (χ2v) is 8.65. The lowest BCUT2D eigenvalue weighted by molar-refractivity contribution is -0.143. The maximum absolute atomic E-state index is 12.1. The average Bonchev–Trinajstić information content (AvgIpc) is 3.19. The first-order valence-corrected chi connectivity index (χ1v) is 11.5. The van der Waals surface area contributed by atoms with E-state index in [1.54, 1.807) is 7.11 Å². The Morgan fingerprint density at radius 1 is 1.22 bits per heavy atom. The summed E-state index contributed by atoms with van der Waals surface area (Å²) >= 11 is 0. The van der Waals surface area contributed by atoms with Crippen molar-refractivity contribution < 1.29 is 28.9 Å². The second-order valence-electron chi connectivity index (χ2n) is 8.65. The number of methoxy groups -OCH3 is 1. The zero-order valence-electron chi connectivity index (χ0n) is 19.5. The van der Waals surface area contributed by atoms with E-state index in [-0.39, 0.29) is 23.9 Å². The van der Waals surface area contributed by atoms with Crippen molar-refractivity contribution in [3.63, 3.8) is 0 Å². The first kappa shape index (κ1) is 24.1. The summed E-state index contributed by atoms with van der Waals surface area (Å²) < 4.78 is 16.0. The number of cyclic esters (lactones) is 1. The highest BCUT2D eigenvalue weighted by Gasteiger charge is 2.31. The number of phenols is 1. The molecule has 0 amide bonds. The van der Waals surface area contributed by atoms with Crippen LogP contribution in [0.25, 0.3) is 0 Å². The minimum atomic E-state index is -0.506. The van der Waals surface area contributed by atoms with E-state index in [1.165, 1.54) is 19.3 Å². The highest BCUT2D eigenvalue weighted by Crippen LogP contribution is 2.42. The van der Waals surface area contributed by atoms with Gasteiger partial charge in [-0.3, -0.25) is 4.79 Å². The van der Waals surface area contributed by atoms with Gasteiger partial charge in [-0.15, -0.1) is 0 Å². The van der Waals surface area contributed by atoms with Crippen LogP contribution in [0, 0.1) is 6.92 Å². The van der Waals surface area contributed by atoms with Gasteiger partial charge in [-0.25, -0.2) is 4.79 Å². The van der Waals surface area contributed by atoms with Gasteiger partial charge in [-0.1, -0.05) is 18.1 Å². The molecule has 0 aliphatic carbocycles. The number of aromatic hydroxyl groups is 1. The van der Waals surface area contributed by atoms with E-state index in [2.05, 4.69) is 4.90 Å². The molecule has 0 aromatic heterocycles. The van der Waals surface area contributed by atoms with E-state index in [9.17, 15) is 14.7 Å². The van der Waals surface area contributed by atoms with Crippen molar-refractivity contribution in [2.75, 3.05) is 33.4 Å². The van der Waals surface area contributed by atoms with Crippen LogP contribution in [-0.2, 0) is 27.3 Å². The van der Waals surface area contributed by atoms with Gasteiger partial charge >= 0.3 is 11.9 Å². The molecule has 0 saturated carbocycles. The van der Waals surface area contributed by atoms with Gasteiger partial charge in [0, 0.05) is 24.1 Å². The van der Waals surface area contributed by atoms with Crippen LogP contribution < -0.4 is 4.74 Å². The Bertz CT molecular complexity index is 870. The maximum atomic E-state index is 12.1. The molecular formula is C25H35NO6. The molecule has 1 saturated heterocycles. The zero-order valence-corrected chi connectivity index (χ0v) is 19.5. The third-order valence-electron chi connectivity index (χ3n) is 6.36. The summed E-state index contributed by atoms with van der Waals surface area (Å²) in [5.41, 5.74) is 3.29. The third kappa shape index (κ3) is 5.82. The first-order valence-electron chi connectivity index (χ1n) is 11.5. The Balaban J connectivity index is 1.48. The number of nitrogens with zero attached hydrogens (tertiary/aromatic N) is 1. The van der Waals surface area contributed by atoms with Crippen molar-refractivity contribution >= 4 is 11.9 Å². The molecule has 1 N–H and O–H groups in total. The first-order chi connectivity index (χ1) is 15.4. The summed E-state index contributed by atoms with van der Waals surface area (Å²) in [6.45, 7) is 7.73. The number of carbonyl (C=O) groups is 2. The predicted octanol–water partition coefficient (Wildman–Crippen LogP) is 4.07. The minimum absolute atomic E-state index is 0.0814. The molecule has 1 fully saturated rings. The number of fused-ring (bicyclic) bond motifs is 1. The molecule has 0 spiro atoms. The summed E-state index contributed by atoms with van der Waals surface area (Å²) in [4.78, 5) is 26.5. The molecular weight excluding hydrogens is 410 g/mol. The number of esters is 2. The van der Waals surface area contributed by atoms with Crippen LogP contribution in [0.5, 0.6) is 11.5 Å². The number of carbonyl (C=O) groups excluding carboxylic acids is 2. The highest BCUT2D eigenvalue weighted by molar-refractivity contribution is 5.98. The molecule has 1 aromatic rings. The number of phenolic OH excluding ortho intramolecular Hbond substituents is 1. The van der Waals surface area contributed by atoms with Crippen LogP contribution >= 0.6 is 0 Å². The molecule has 3 rings (SSSR count). The van der Waals surface area contributed by atoms with E-state index in [0.29, 0.717) is 42.7 Å². The Morgan fingerprint density at radius 3 is 2.69 bits per heavy atom. The van der Waals surface area contributed by atoms with E-state index >= 15 is 0 Å². The van der Waals surface area contributed by atoms with Crippen molar-refractivity contribution in [3.8, 4) is 11.5 Å². The number of hydrogen-bond donors (Lipinski definition) is 1. The van der Waals surface area contributed by atoms with E-state index in [4.69, 9.17) is 14.2 Å². The zero-order chi connectivity index (χ0) is 23.1. The van der Waals surface area contributed by atoms with Crippen molar-refractivity contribution in [3.05, 3.63) is 33.9 Å². The molecule has 1 aromatic carbocycles. The Hall–Kier alpha value is -2.54. The van der Waals surface area contributed by atoms with Crippen molar-refractivity contribution in [2.24, 2.45) is 0 Å². The van der Waals surface area contributed by atoms with E-state index in [0.717, 1.165) is 37.2 Å². The minimum Gasteiger partial charge on any atom is -0.507 e. The van der Waals surface area contributed by atoms with Gasteiger partial charge in [0.2, 0.25) is 0 Å². The monoisotopic (exact) mass is 445 g/mol. The van der Waals surface area contributed by atoms with Crippen molar-refractivity contribution in [2.45, 2.75) is 65.4 Å². The summed E-state index contributed by atoms with van der Waals surface area (Å²) in [6.07, 6.45) is 7.99. The van der Waals surface area contributed by atoms with Crippen molar-refractivity contribution in [1.29, 1.82) is 0 Å². The molecule has 2 aliphatic heterocycles. The number of benzene rings is 1. The molecule has 0 atom stereocenters. The molecule has 0 unspecified atom stereocenters. The number of piperidine rings is 1. The summed E-state index contributed by atoms with van der Waals surface area (Å²) in [6, 6.07) is 0. The van der Waals surface area contributed by atoms with E-state index < -0.39 is 5.97 Å². The number of hydrogen-bond acceptors (Lipinski definition) is 7. The smallest absolute Gasteiger partial charge is 0.342 e. The largest absolute Gasteiger partial charge is 0.507 e. The van der Waals surface area contributed by atoms with Crippen LogP contribution in [0.1, 0.15) is 72.5 Å². The van der Waals surface area contributed by atoms with Crippen LogP contribution in [-0.4, -0.2) is 55.3 Å².